The third-order valence-electron chi connectivity index (χ3n) is 5.67. The van der Waals surface area contributed by atoms with Gasteiger partial charge < -0.3 is 19.0 Å². The average Bonchev–Trinajstić information content (AvgIpc) is 3.55. The summed E-state index contributed by atoms with van der Waals surface area (Å²) in [6.07, 6.45) is 5.90. The molecule has 1 saturated heterocycles. The molecule has 3 aromatic heterocycles. The minimum Gasteiger partial charge on any atom is -0.475 e. The Morgan fingerprint density at radius 1 is 1.23 bits per heavy atom. The monoisotopic (exact) mass is 419 g/mol. The van der Waals surface area contributed by atoms with E-state index in [2.05, 4.69) is 44.4 Å². The summed E-state index contributed by atoms with van der Waals surface area (Å²) in [4.78, 5) is 14.7. The fourth-order valence-electron chi connectivity index (χ4n) is 4.12. The Kier molecular flexibility index (Phi) is 5.64. The van der Waals surface area contributed by atoms with Crippen LogP contribution in [0, 0.1) is 0 Å². The number of nitrogens with one attached hydrogen (secondary N) is 1. The van der Waals surface area contributed by atoms with Gasteiger partial charge in [0.2, 0.25) is 17.6 Å². The van der Waals surface area contributed by atoms with E-state index in [1.54, 1.807) is 13.3 Å². The molecule has 0 unspecified atom stereocenters. The van der Waals surface area contributed by atoms with E-state index in [1.807, 2.05) is 18.2 Å². The number of benzene rings is 1. The van der Waals surface area contributed by atoms with Crippen molar-refractivity contribution in [1.82, 2.24) is 25.0 Å². The molecule has 4 heterocycles. The first-order chi connectivity index (χ1) is 15.3. The van der Waals surface area contributed by atoms with E-state index in [0.717, 1.165) is 37.0 Å². The molecule has 1 aliphatic heterocycles. The highest BCUT2D eigenvalue weighted by Crippen LogP contribution is 2.34. The van der Waals surface area contributed by atoms with E-state index in [1.165, 1.54) is 10.9 Å². The second kappa shape index (κ2) is 8.87. The molecule has 0 bridgehead atoms. The van der Waals surface area contributed by atoms with Crippen LogP contribution in [0.3, 0.4) is 0 Å². The van der Waals surface area contributed by atoms with Gasteiger partial charge in [-0.25, -0.2) is 4.98 Å². The minimum atomic E-state index is 0.120. The van der Waals surface area contributed by atoms with E-state index >= 15 is 0 Å². The molecule has 0 aliphatic carbocycles. The van der Waals surface area contributed by atoms with Crippen LogP contribution in [0.15, 0.2) is 53.3 Å². The van der Waals surface area contributed by atoms with Crippen molar-refractivity contribution in [2.45, 2.75) is 25.4 Å². The van der Waals surface area contributed by atoms with Crippen LogP contribution in [0.25, 0.3) is 22.3 Å². The number of aromatic nitrogens is 4. The van der Waals surface area contributed by atoms with Crippen LogP contribution in [-0.2, 0) is 11.3 Å². The van der Waals surface area contributed by atoms with E-state index in [4.69, 9.17) is 19.0 Å². The lowest BCUT2D eigenvalue weighted by Gasteiger charge is -2.21. The van der Waals surface area contributed by atoms with Gasteiger partial charge in [-0.2, -0.15) is 4.98 Å². The molecule has 160 valence electrons. The van der Waals surface area contributed by atoms with Crippen LogP contribution in [0.4, 0.5) is 0 Å². The van der Waals surface area contributed by atoms with E-state index in [-0.39, 0.29) is 6.04 Å². The molecule has 1 aromatic carbocycles. The van der Waals surface area contributed by atoms with Crippen molar-refractivity contribution in [2.75, 3.05) is 26.9 Å². The molecule has 8 heteroatoms. The summed E-state index contributed by atoms with van der Waals surface area (Å²) in [5.41, 5.74) is 3.27. The molecule has 1 fully saturated rings. The van der Waals surface area contributed by atoms with Gasteiger partial charge in [0.25, 0.3) is 0 Å². The lowest BCUT2D eigenvalue weighted by atomic mass is 10.1. The van der Waals surface area contributed by atoms with Gasteiger partial charge in [-0.1, -0.05) is 23.4 Å². The summed E-state index contributed by atoms with van der Waals surface area (Å²) in [5, 5.41) is 5.48. The first kappa shape index (κ1) is 19.7. The van der Waals surface area contributed by atoms with Crippen molar-refractivity contribution < 1.29 is 14.0 Å². The molecule has 1 aliphatic rings. The summed E-state index contributed by atoms with van der Waals surface area (Å²) in [7, 11) is 1.64. The number of hydrogen-bond donors (Lipinski definition) is 1. The first-order valence-corrected chi connectivity index (χ1v) is 10.5. The van der Waals surface area contributed by atoms with Gasteiger partial charge in [0, 0.05) is 48.6 Å². The number of hydrogen-bond acceptors (Lipinski definition) is 7. The number of fused-ring (bicyclic) bond motifs is 1. The maximum atomic E-state index is 5.69. The molecular formula is C23H25N5O3. The zero-order chi connectivity index (χ0) is 21.0. The highest BCUT2D eigenvalue weighted by molar-refractivity contribution is 5.82. The highest BCUT2D eigenvalue weighted by Gasteiger charge is 2.31. The van der Waals surface area contributed by atoms with Gasteiger partial charge in [0.15, 0.2) is 0 Å². The maximum absolute atomic E-state index is 5.69. The minimum absolute atomic E-state index is 0.120. The number of methoxy groups -OCH3 is 1. The van der Waals surface area contributed by atoms with Gasteiger partial charge in [0.05, 0.1) is 12.6 Å². The number of nitrogens with zero attached hydrogens (tertiary/aromatic N) is 4. The van der Waals surface area contributed by atoms with E-state index in [9.17, 15) is 0 Å². The van der Waals surface area contributed by atoms with Crippen molar-refractivity contribution in [1.29, 1.82) is 0 Å². The van der Waals surface area contributed by atoms with Crippen LogP contribution < -0.4 is 4.74 Å². The Labute approximate surface area is 180 Å². The predicted octanol–water partition coefficient (Wildman–Crippen LogP) is 3.98. The fourth-order valence-corrected chi connectivity index (χ4v) is 4.12. The number of para-hydroxylation sites is 1. The predicted molar refractivity (Wildman–Crippen MR) is 116 cm³/mol. The molecular weight excluding hydrogens is 394 g/mol. The molecule has 4 aromatic rings. The van der Waals surface area contributed by atoms with Gasteiger partial charge in [-0.15, -0.1) is 0 Å². The van der Waals surface area contributed by atoms with Gasteiger partial charge in [-0.05, 0) is 37.1 Å². The van der Waals surface area contributed by atoms with Crippen LogP contribution >= 0.6 is 0 Å². The summed E-state index contributed by atoms with van der Waals surface area (Å²) >= 11 is 0. The normalized spacial score (nSPS) is 16.9. The number of likely N-dealkylation sites (tertiary alicyclic amines) is 1. The quantitative estimate of drug-likeness (QED) is 0.432. The molecule has 0 spiro atoms. The fraction of sp³-hybridized carbons (Fsp3) is 0.348. The molecule has 1 N–H and O–H groups in total. The Morgan fingerprint density at radius 2 is 2.16 bits per heavy atom. The average molecular weight is 419 g/mol. The number of rotatable bonds is 8. The summed E-state index contributed by atoms with van der Waals surface area (Å²) in [6, 6.07) is 12.2. The summed E-state index contributed by atoms with van der Waals surface area (Å²) in [6.45, 7) is 2.80. The van der Waals surface area contributed by atoms with Crippen molar-refractivity contribution in [3.8, 4) is 17.3 Å². The molecule has 8 nitrogen and oxygen atoms in total. The Balaban J connectivity index is 1.32. The van der Waals surface area contributed by atoms with Crippen LogP contribution in [0.1, 0.15) is 30.3 Å². The van der Waals surface area contributed by atoms with Gasteiger partial charge in [0.1, 0.15) is 6.61 Å². The lowest BCUT2D eigenvalue weighted by molar-refractivity contribution is 0.144. The molecule has 0 radical (unpaired) electrons. The first-order valence-electron chi connectivity index (χ1n) is 10.5. The van der Waals surface area contributed by atoms with E-state index in [0.29, 0.717) is 30.8 Å². The number of aromatic amines is 1. The standard InChI is InChI=1S/C23H25N5O3/c1-29-11-12-30-21-13-16(8-9-24-21)22-26-23(31-27-22)20-7-4-10-28(20)15-17-14-25-19-6-3-2-5-18(17)19/h2-3,5-6,8-9,13-14,20,25H,4,7,10-12,15H2,1H3/t20-/m0/s1. The van der Waals surface area contributed by atoms with Gasteiger partial charge in [-0.3, -0.25) is 4.90 Å². The Hall–Kier alpha value is -3.23. The van der Waals surface area contributed by atoms with Crippen LogP contribution in [0.2, 0.25) is 0 Å². The molecule has 0 amide bonds. The molecule has 5 rings (SSSR count). The second-order valence-corrected chi connectivity index (χ2v) is 7.67. The maximum Gasteiger partial charge on any atom is 0.244 e. The van der Waals surface area contributed by atoms with Crippen LogP contribution in [-0.4, -0.2) is 51.9 Å². The van der Waals surface area contributed by atoms with Crippen molar-refractivity contribution in [3.05, 3.63) is 60.2 Å². The smallest absolute Gasteiger partial charge is 0.244 e. The van der Waals surface area contributed by atoms with E-state index < -0.39 is 0 Å². The summed E-state index contributed by atoms with van der Waals surface area (Å²) < 4.78 is 16.3. The topological polar surface area (TPSA) is 89.3 Å². The van der Waals surface area contributed by atoms with Crippen molar-refractivity contribution in [3.63, 3.8) is 0 Å². The third kappa shape index (κ3) is 4.17. The molecule has 31 heavy (non-hydrogen) atoms. The zero-order valence-corrected chi connectivity index (χ0v) is 17.5. The lowest BCUT2D eigenvalue weighted by Crippen LogP contribution is -2.22. The number of H-pyrrole nitrogens is 1. The Morgan fingerprint density at radius 3 is 3.10 bits per heavy atom. The van der Waals surface area contributed by atoms with Crippen LogP contribution in [0.5, 0.6) is 5.88 Å². The van der Waals surface area contributed by atoms with Crippen molar-refractivity contribution >= 4 is 10.9 Å². The molecule has 1 atom stereocenters. The largest absolute Gasteiger partial charge is 0.475 e. The summed E-state index contributed by atoms with van der Waals surface area (Å²) in [5.74, 6) is 1.72. The van der Waals surface area contributed by atoms with Crippen molar-refractivity contribution in [2.24, 2.45) is 0 Å². The third-order valence-corrected chi connectivity index (χ3v) is 5.67. The zero-order valence-electron chi connectivity index (χ0n) is 17.5. The molecule has 0 saturated carbocycles. The highest BCUT2D eigenvalue weighted by atomic mass is 16.5. The number of pyridine rings is 1. The number of ether oxygens (including phenoxy) is 2. The SMILES string of the molecule is COCCOc1cc(-c2noc([C@@H]3CCCN3Cc3c[nH]c4ccccc34)n2)ccn1. The van der Waals surface area contributed by atoms with Gasteiger partial charge >= 0.3 is 0 Å². The second-order valence-electron chi connectivity index (χ2n) is 7.67. The Bertz CT molecular complexity index is 1150.